The maximum atomic E-state index is 4.96. The fraction of sp³-hybridized carbons (Fsp3) is 0.238. The van der Waals surface area contributed by atoms with Crippen molar-refractivity contribution in [3.63, 3.8) is 0 Å². The fourth-order valence-electron chi connectivity index (χ4n) is 2.68. The Kier molecular flexibility index (Phi) is 5.60. The van der Waals surface area contributed by atoms with Crippen molar-refractivity contribution in [2.45, 2.75) is 32.1 Å². The summed E-state index contributed by atoms with van der Waals surface area (Å²) in [6, 6.07) is 21.1. The summed E-state index contributed by atoms with van der Waals surface area (Å²) in [5.41, 5.74) is 3.58. The lowest BCUT2D eigenvalue weighted by atomic mass is 10.1. The summed E-state index contributed by atoms with van der Waals surface area (Å²) in [5.74, 6) is 0. The van der Waals surface area contributed by atoms with Crippen molar-refractivity contribution in [3.8, 4) is 21.7 Å². The number of hydrogen-bond acceptors (Lipinski definition) is 2. The number of rotatable bonds is 7. The first-order valence-corrected chi connectivity index (χ1v) is 9.10. The van der Waals surface area contributed by atoms with Crippen molar-refractivity contribution in [1.29, 1.82) is 0 Å². The van der Waals surface area contributed by atoms with Crippen LogP contribution in [0.1, 0.15) is 30.7 Å². The van der Waals surface area contributed by atoms with Gasteiger partial charge in [-0.25, -0.2) is 4.98 Å². The molecule has 0 N–H and O–H groups in total. The minimum atomic E-state index is 1.03. The molecule has 2 heteroatoms. The van der Waals surface area contributed by atoms with Gasteiger partial charge in [-0.2, -0.15) is 0 Å². The van der Waals surface area contributed by atoms with E-state index in [1.165, 1.54) is 40.3 Å². The highest BCUT2D eigenvalue weighted by molar-refractivity contribution is 7.15. The summed E-state index contributed by atoms with van der Waals surface area (Å²) in [4.78, 5) is 6.24. The van der Waals surface area contributed by atoms with Gasteiger partial charge in [0.2, 0.25) is 0 Å². The molecule has 2 aromatic carbocycles. The number of unbranched alkanes of at least 4 members (excludes halogenated alkanes) is 3. The summed E-state index contributed by atoms with van der Waals surface area (Å²) in [5, 5.41) is 1.24. The monoisotopic (exact) mass is 320 g/mol. The lowest BCUT2D eigenvalue weighted by molar-refractivity contribution is 0.684. The molecule has 117 valence electrons. The summed E-state index contributed by atoms with van der Waals surface area (Å²) in [6.45, 7) is 3.91. The average molecular weight is 320 g/mol. The van der Waals surface area contributed by atoms with E-state index in [1.807, 2.05) is 11.3 Å². The summed E-state index contributed by atoms with van der Waals surface area (Å²) < 4.78 is 0. The topological polar surface area (TPSA) is 12.9 Å². The molecule has 0 saturated heterocycles. The lowest BCUT2D eigenvalue weighted by Gasteiger charge is -2.02. The Morgan fingerprint density at radius 3 is 2.09 bits per heavy atom. The van der Waals surface area contributed by atoms with Crippen molar-refractivity contribution >= 4 is 11.3 Å². The van der Waals surface area contributed by atoms with E-state index in [1.54, 1.807) is 0 Å². The molecule has 1 radical (unpaired) electrons. The predicted molar refractivity (Wildman–Crippen MR) is 101 cm³/mol. The molecule has 0 bridgehead atoms. The molecule has 0 aliphatic carbocycles. The molecular formula is C21H22NS. The predicted octanol–water partition coefficient (Wildman–Crippen LogP) is 6.41. The number of thiazole rings is 1. The highest BCUT2D eigenvalue weighted by Gasteiger charge is 2.14. The van der Waals surface area contributed by atoms with Gasteiger partial charge in [-0.15, -0.1) is 11.3 Å². The van der Waals surface area contributed by atoms with Crippen LogP contribution in [-0.2, 0) is 6.42 Å². The minimum absolute atomic E-state index is 1.03. The third-order valence-electron chi connectivity index (χ3n) is 3.90. The first kappa shape index (κ1) is 15.9. The van der Waals surface area contributed by atoms with Gasteiger partial charge in [0, 0.05) is 5.56 Å². The van der Waals surface area contributed by atoms with Crippen molar-refractivity contribution in [3.05, 3.63) is 72.6 Å². The van der Waals surface area contributed by atoms with E-state index in [2.05, 4.69) is 67.6 Å². The molecule has 0 fully saturated rings. The van der Waals surface area contributed by atoms with Crippen molar-refractivity contribution in [1.82, 2.24) is 4.98 Å². The maximum absolute atomic E-state index is 4.96. The van der Waals surface area contributed by atoms with Gasteiger partial charge >= 0.3 is 0 Å². The Balaban J connectivity index is 1.91. The number of aryl methyl sites for hydroxylation is 1. The van der Waals surface area contributed by atoms with Crippen LogP contribution in [0.4, 0.5) is 0 Å². The van der Waals surface area contributed by atoms with Crippen molar-refractivity contribution in [2.24, 2.45) is 0 Å². The van der Waals surface area contributed by atoms with Gasteiger partial charge in [-0.3, -0.25) is 0 Å². The molecule has 3 aromatic rings. The highest BCUT2D eigenvalue weighted by Crippen LogP contribution is 2.37. The highest BCUT2D eigenvalue weighted by atomic mass is 32.1. The quantitative estimate of drug-likeness (QED) is 0.458. The normalized spacial score (nSPS) is 10.8. The molecule has 1 heterocycles. The fourth-order valence-corrected chi connectivity index (χ4v) is 3.81. The number of benzene rings is 2. The first-order valence-electron chi connectivity index (χ1n) is 8.28. The molecule has 0 spiro atoms. The van der Waals surface area contributed by atoms with Crippen LogP contribution in [0.3, 0.4) is 0 Å². The summed E-state index contributed by atoms with van der Waals surface area (Å²) in [6.07, 6.45) is 5.75. The van der Waals surface area contributed by atoms with Crippen LogP contribution in [0.5, 0.6) is 0 Å². The van der Waals surface area contributed by atoms with Crippen LogP contribution < -0.4 is 0 Å². The second kappa shape index (κ2) is 8.07. The molecule has 0 unspecified atom stereocenters. The van der Waals surface area contributed by atoms with Crippen LogP contribution >= 0.6 is 11.3 Å². The molecule has 23 heavy (non-hydrogen) atoms. The van der Waals surface area contributed by atoms with E-state index in [0.717, 1.165) is 18.5 Å². The summed E-state index contributed by atoms with van der Waals surface area (Å²) >= 11 is 1.84. The molecule has 1 aromatic heterocycles. The van der Waals surface area contributed by atoms with Gasteiger partial charge in [0.05, 0.1) is 15.6 Å². The van der Waals surface area contributed by atoms with E-state index in [0.29, 0.717) is 0 Å². The Hall–Kier alpha value is -1.93. The molecule has 0 aliphatic heterocycles. The Morgan fingerprint density at radius 1 is 0.783 bits per heavy atom. The third kappa shape index (κ3) is 4.08. The van der Waals surface area contributed by atoms with E-state index >= 15 is 0 Å². The average Bonchev–Trinajstić information content (AvgIpc) is 3.05. The Bertz CT molecular complexity index is 659. The van der Waals surface area contributed by atoms with Crippen molar-refractivity contribution < 1.29 is 0 Å². The van der Waals surface area contributed by atoms with Crippen LogP contribution in [0.2, 0.25) is 0 Å². The molecule has 3 rings (SSSR count). The Morgan fingerprint density at radius 2 is 1.43 bits per heavy atom. The van der Waals surface area contributed by atoms with Crippen LogP contribution in [0.15, 0.2) is 60.7 Å². The number of nitrogens with zero attached hydrogens (tertiary/aromatic N) is 1. The zero-order valence-electron chi connectivity index (χ0n) is 13.4. The van der Waals surface area contributed by atoms with Crippen LogP contribution in [0.25, 0.3) is 21.7 Å². The van der Waals surface area contributed by atoms with Crippen LogP contribution in [0, 0.1) is 6.92 Å². The van der Waals surface area contributed by atoms with Gasteiger partial charge in [0.25, 0.3) is 0 Å². The number of aromatic nitrogens is 1. The van der Waals surface area contributed by atoms with Gasteiger partial charge in [-0.05, 0) is 18.4 Å². The van der Waals surface area contributed by atoms with E-state index < -0.39 is 0 Å². The molecular weight excluding hydrogens is 298 g/mol. The van der Waals surface area contributed by atoms with Gasteiger partial charge in [-0.1, -0.05) is 86.8 Å². The van der Waals surface area contributed by atoms with E-state index in [4.69, 9.17) is 4.98 Å². The zero-order chi connectivity index (χ0) is 15.9. The minimum Gasteiger partial charge on any atom is -0.241 e. The third-order valence-corrected chi connectivity index (χ3v) is 5.06. The Labute approximate surface area is 143 Å². The number of hydrogen-bond donors (Lipinski definition) is 0. The second-order valence-corrected chi connectivity index (χ2v) is 6.77. The molecule has 0 amide bonds. The maximum Gasteiger partial charge on any atom is 0.0939 e. The molecule has 1 nitrogen and oxygen atoms in total. The molecule has 0 aliphatic rings. The van der Waals surface area contributed by atoms with E-state index in [-0.39, 0.29) is 0 Å². The van der Waals surface area contributed by atoms with Gasteiger partial charge < -0.3 is 0 Å². The van der Waals surface area contributed by atoms with Gasteiger partial charge in [0.15, 0.2) is 0 Å². The SMILES string of the molecule is [CH2]CCCCCc1nc(-c2ccccc2)c(-c2ccccc2)s1. The standard InChI is InChI=1S/C21H22NS/c1-2-3-4-11-16-19-22-20(17-12-7-5-8-13-17)21(23-19)18-14-9-6-10-15-18/h5-10,12-15H,1-4,11,16H2. The van der Waals surface area contributed by atoms with E-state index in [9.17, 15) is 0 Å². The van der Waals surface area contributed by atoms with Crippen LogP contribution in [-0.4, -0.2) is 4.98 Å². The molecule has 0 atom stereocenters. The summed E-state index contributed by atoms with van der Waals surface area (Å²) in [7, 11) is 0. The van der Waals surface area contributed by atoms with Gasteiger partial charge in [0.1, 0.15) is 0 Å². The lowest BCUT2D eigenvalue weighted by Crippen LogP contribution is -1.86. The van der Waals surface area contributed by atoms with Crippen molar-refractivity contribution in [2.75, 3.05) is 0 Å². The largest absolute Gasteiger partial charge is 0.241 e. The second-order valence-electron chi connectivity index (χ2n) is 5.68. The first-order chi connectivity index (χ1) is 11.4. The smallest absolute Gasteiger partial charge is 0.0939 e. The zero-order valence-corrected chi connectivity index (χ0v) is 14.2. The molecule has 0 saturated carbocycles.